The van der Waals surface area contributed by atoms with Gasteiger partial charge in [0.05, 0.1) is 18.6 Å². The number of aryl methyl sites for hydroxylation is 1. The zero-order valence-electron chi connectivity index (χ0n) is 16.3. The van der Waals surface area contributed by atoms with Crippen molar-refractivity contribution < 1.29 is 18.8 Å². The topological polar surface area (TPSA) is 84.7 Å². The Hall–Kier alpha value is -2.48. The molecule has 1 heterocycles. The van der Waals surface area contributed by atoms with Crippen LogP contribution in [0, 0.1) is 12.8 Å². The molecule has 2 aromatic rings. The molecule has 1 atom stereocenters. The van der Waals surface area contributed by atoms with Gasteiger partial charge in [0, 0.05) is 17.8 Å². The highest BCUT2D eigenvalue weighted by Gasteiger charge is 2.35. The van der Waals surface area contributed by atoms with E-state index >= 15 is 0 Å². The van der Waals surface area contributed by atoms with Crippen LogP contribution in [0.2, 0.25) is 0 Å². The van der Waals surface area contributed by atoms with Crippen LogP contribution in [0.25, 0.3) is 0 Å². The van der Waals surface area contributed by atoms with Crippen LogP contribution >= 0.6 is 11.8 Å². The molecule has 28 heavy (non-hydrogen) atoms. The summed E-state index contributed by atoms with van der Waals surface area (Å²) in [6, 6.07) is 9.30. The number of amides is 2. The number of aromatic nitrogens is 1. The molecule has 1 aromatic carbocycles. The van der Waals surface area contributed by atoms with E-state index in [0.717, 1.165) is 24.3 Å². The van der Waals surface area contributed by atoms with Gasteiger partial charge in [-0.2, -0.15) is 0 Å². The Bertz CT molecular complexity index is 817. The number of nitrogens with zero attached hydrogens (tertiary/aromatic N) is 2. The third kappa shape index (κ3) is 5.28. The first-order chi connectivity index (χ1) is 13.5. The summed E-state index contributed by atoms with van der Waals surface area (Å²) >= 11 is 1.29. The summed E-state index contributed by atoms with van der Waals surface area (Å²) in [6.07, 6.45) is 2.29. The molecule has 0 radical (unpaired) electrons. The Balaban J connectivity index is 1.57. The van der Waals surface area contributed by atoms with Gasteiger partial charge < -0.3 is 19.5 Å². The fourth-order valence-electron chi connectivity index (χ4n) is 3.04. The lowest BCUT2D eigenvalue weighted by Gasteiger charge is -2.29. The van der Waals surface area contributed by atoms with Gasteiger partial charge in [-0.15, -0.1) is 11.8 Å². The highest BCUT2D eigenvalue weighted by Crippen LogP contribution is 2.37. The van der Waals surface area contributed by atoms with Gasteiger partial charge in [0.1, 0.15) is 11.5 Å². The molecule has 1 aliphatic carbocycles. The van der Waals surface area contributed by atoms with Gasteiger partial charge in [-0.1, -0.05) is 5.16 Å². The maximum Gasteiger partial charge on any atom is 0.237 e. The van der Waals surface area contributed by atoms with Gasteiger partial charge in [-0.25, -0.2) is 0 Å². The summed E-state index contributed by atoms with van der Waals surface area (Å²) < 4.78 is 10.1. The summed E-state index contributed by atoms with van der Waals surface area (Å²) in [5, 5.41) is 6.39. The second-order valence-corrected chi connectivity index (χ2v) is 7.89. The smallest absolute Gasteiger partial charge is 0.237 e. The van der Waals surface area contributed by atoms with E-state index in [4.69, 9.17) is 9.26 Å². The van der Waals surface area contributed by atoms with Crippen molar-refractivity contribution >= 4 is 35.1 Å². The van der Waals surface area contributed by atoms with Gasteiger partial charge in [0.25, 0.3) is 0 Å². The summed E-state index contributed by atoms with van der Waals surface area (Å²) in [7, 11) is 1.62. The minimum Gasteiger partial charge on any atom is -0.497 e. The summed E-state index contributed by atoms with van der Waals surface area (Å²) in [5.74, 6) is 2.50. The Morgan fingerprint density at radius 3 is 2.61 bits per heavy atom. The maximum atomic E-state index is 12.9. The number of benzene rings is 1. The number of carbonyl (C=O) groups excluding carboxylic acids is 2. The fraction of sp³-hybridized carbons (Fsp3) is 0.450. The third-order valence-electron chi connectivity index (χ3n) is 4.68. The second-order valence-electron chi connectivity index (χ2n) is 6.90. The van der Waals surface area contributed by atoms with E-state index in [1.165, 1.54) is 11.8 Å². The zero-order chi connectivity index (χ0) is 20.1. The quantitative estimate of drug-likeness (QED) is 0.690. The van der Waals surface area contributed by atoms with E-state index in [2.05, 4.69) is 17.4 Å². The second kappa shape index (κ2) is 9.14. The number of methoxy groups -OCH3 is 1. The first kappa shape index (κ1) is 20.3. The molecule has 0 spiro atoms. The van der Waals surface area contributed by atoms with Crippen LogP contribution in [-0.2, 0) is 9.59 Å². The van der Waals surface area contributed by atoms with Gasteiger partial charge in [-0.05, 0) is 56.9 Å². The summed E-state index contributed by atoms with van der Waals surface area (Å²) in [6.45, 7) is 3.84. The fourth-order valence-corrected chi connectivity index (χ4v) is 3.72. The van der Waals surface area contributed by atoms with Crippen LogP contribution in [0.1, 0.15) is 25.5 Å². The lowest BCUT2D eigenvalue weighted by Crippen LogP contribution is -2.41. The van der Waals surface area contributed by atoms with Crippen molar-refractivity contribution in [3.63, 3.8) is 0 Å². The Kier molecular flexibility index (Phi) is 6.61. The Morgan fingerprint density at radius 2 is 2.04 bits per heavy atom. The maximum absolute atomic E-state index is 12.9. The van der Waals surface area contributed by atoms with Gasteiger partial charge in [0.2, 0.25) is 11.8 Å². The van der Waals surface area contributed by atoms with E-state index in [-0.39, 0.29) is 29.4 Å². The van der Waals surface area contributed by atoms with Gasteiger partial charge >= 0.3 is 0 Å². The van der Waals surface area contributed by atoms with E-state index in [9.17, 15) is 9.59 Å². The minimum absolute atomic E-state index is 0.000326. The van der Waals surface area contributed by atoms with Crippen LogP contribution in [0.5, 0.6) is 5.75 Å². The molecule has 0 aliphatic heterocycles. The van der Waals surface area contributed by atoms with E-state index < -0.39 is 0 Å². The molecule has 7 nitrogen and oxygen atoms in total. The number of rotatable bonds is 9. The number of nitrogens with one attached hydrogen (secondary N) is 1. The third-order valence-corrected chi connectivity index (χ3v) is 5.60. The SMILES string of the molecule is COc1ccc(N(C(=O)CSCC(=O)Nc2cc(C)on2)C(C)C2CC2)cc1. The lowest BCUT2D eigenvalue weighted by molar-refractivity contribution is -0.116. The van der Waals surface area contributed by atoms with E-state index in [1.54, 1.807) is 20.1 Å². The monoisotopic (exact) mass is 403 g/mol. The number of ether oxygens (including phenoxy) is 1. The number of hydrogen-bond acceptors (Lipinski definition) is 6. The number of hydrogen-bond donors (Lipinski definition) is 1. The first-order valence-electron chi connectivity index (χ1n) is 9.25. The van der Waals surface area contributed by atoms with Crippen molar-refractivity contribution in [2.75, 3.05) is 28.8 Å². The molecule has 0 bridgehead atoms. The molecule has 1 aliphatic rings. The summed E-state index contributed by atoms with van der Waals surface area (Å²) in [5.41, 5.74) is 0.855. The largest absolute Gasteiger partial charge is 0.497 e. The number of carbonyl (C=O) groups is 2. The Morgan fingerprint density at radius 1 is 1.32 bits per heavy atom. The van der Waals surface area contributed by atoms with Crippen molar-refractivity contribution in [2.24, 2.45) is 5.92 Å². The van der Waals surface area contributed by atoms with Crippen LogP contribution in [0.15, 0.2) is 34.9 Å². The molecule has 150 valence electrons. The molecule has 3 rings (SSSR count). The molecule has 2 amide bonds. The average Bonchev–Trinajstić information content (AvgIpc) is 3.45. The molecule has 1 N–H and O–H groups in total. The number of anilines is 2. The van der Waals surface area contributed by atoms with Crippen molar-refractivity contribution in [2.45, 2.75) is 32.7 Å². The molecule has 1 unspecified atom stereocenters. The molecule has 1 fully saturated rings. The normalized spacial score (nSPS) is 14.4. The highest BCUT2D eigenvalue weighted by molar-refractivity contribution is 8.00. The molecule has 1 saturated carbocycles. The van der Waals surface area contributed by atoms with Crippen LogP contribution < -0.4 is 15.0 Å². The predicted octanol–water partition coefficient (Wildman–Crippen LogP) is 3.50. The van der Waals surface area contributed by atoms with E-state index in [0.29, 0.717) is 17.5 Å². The molecule has 8 heteroatoms. The van der Waals surface area contributed by atoms with Gasteiger partial charge in [0.15, 0.2) is 5.82 Å². The standard InChI is InChI=1S/C20H25N3O4S/c1-13-10-18(22-27-13)21-19(24)11-28-12-20(25)23(14(2)15-4-5-15)16-6-8-17(26-3)9-7-16/h6-10,14-15H,4-5,11-12H2,1-3H3,(H,21,22,24). The molecular formula is C20H25N3O4S. The van der Waals surface area contributed by atoms with E-state index in [1.807, 2.05) is 29.2 Å². The lowest BCUT2D eigenvalue weighted by atomic mass is 10.1. The van der Waals surface area contributed by atoms with Crippen molar-refractivity contribution in [3.05, 3.63) is 36.1 Å². The minimum atomic E-state index is -0.211. The molecule has 1 aromatic heterocycles. The van der Waals surface area contributed by atoms with Crippen molar-refractivity contribution in [3.8, 4) is 5.75 Å². The Labute approximate surface area is 168 Å². The molecule has 0 saturated heterocycles. The number of thioether (sulfide) groups is 1. The van der Waals surface area contributed by atoms with Gasteiger partial charge in [-0.3, -0.25) is 9.59 Å². The van der Waals surface area contributed by atoms with Crippen LogP contribution in [-0.4, -0.2) is 41.6 Å². The average molecular weight is 404 g/mol. The molecular weight excluding hydrogens is 378 g/mol. The zero-order valence-corrected chi connectivity index (χ0v) is 17.1. The summed E-state index contributed by atoms with van der Waals surface area (Å²) in [4.78, 5) is 26.8. The first-order valence-corrected chi connectivity index (χ1v) is 10.4. The van der Waals surface area contributed by atoms with Crippen LogP contribution in [0.3, 0.4) is 0 Å². The highest BCUT2D eigenvalue weighted by atomic mass is 32.2. The van der Waals surface area contributed by atoms with Crippen LogP contribution in [0.4, 0.5) is 11.5 Å². The van der Waals surface area contributed by atoms with Crippen molar-refractivity contribution in [1.29, 1.82) is 0 Å². The van der Waals surface area contributed by atoms with Crippen molar-refractivity contribution in [1.82, 2.24) is 5.16 Å². The predicted molar refractivity (Wildman–Crippen MR) is 110 cm³/mol.